The van der Waals surface area contributed by atoms with Gasteiger partial charge in [0, 0.05) is 67.5 Å². The van der Waals surface area contributed by atoms with E-state index >= 15 is 0 Å². The van der Waals surface area contributed by atoms with Gasteiger partial charge in [-0.25, -0.2) is 23.4 Å². The summed E-state index contributed by atoms with van der Waals surface area (Å²) >= 11 is 0. The molecule has 0 bridgehead atoms. The van der Waals surface area contributed by atoms with E-state index in [2.05, 4.69) is 35.7 Å². The molecule has 13 nitrogen and oxygen atoms in total. The van der Waals surface area contributed by atoms with Crippen molar-refractivity contribution in [1.82, 2.24) is 34.0 Å². The summed E-state index contributed by atoms with van der Waals surface area (Å²) in [5.41, 5.74) is 2.50. The predicted molar refractivity (Wildman–Crippen MR) is 175 cm³/mol. The fourth-order valence-electron chi connectivity index (χ4n) is 5.61. The molecule has 1 amide bonds. The Morgan fingerprint density at radius 2 is 1.74 bits per heavy atom. The summed E-state index contributed by atoms with van der Waals surface area (Å²) in [6, 6.07) is 7.49. The smallest absolute Gasteiger partial charge is 0.256 e. The minimum Gasteiger partial charge on any atom is -0.386 e. The van der Waals surface area contributed by atoms with Crippen molar-refractivity contribution in [3.8, 4) is 22.6 Å². The van der Waals surface area contributed by atoms with Gasteiger partial charge >= 0.3 is 0 Å². The van der Waals surface area contributed by atoms with Crippen LogP contribution in [0.5, 0.6) is 0 Å². The topological polar surface area (TPSA) is 168 Å². The number of hydrogen-bond donors (Lipinski definition) is 3. The van der Waals surface area contributed by atoms with E-state index in [1.807, 2.05) is 18.2 Å². The van der Waals surface area contributed by atoms with Crippen molar-refractivity contribution in [2.24, 2.45) is 5.92 Å². The van der Waals surface area contributed by atoms with E-state index in [4.69, 9.17) is 0 Å². The SMILES string of the molecule is CN(C)C(=O)C1CCC(Nc2cc(Nc3ccnc(-c4cnn(S(=O)(=O)C5CC5)c4)n3)ncc2-c2ccc(C(C)(C)O)cn2)CC1. The van der Waals surface area contributed by atoms with Crippen LogP contribution in [0, 0.1) is 5.92 Å². The lowest BCUT2D eigenvalue weighted by molar-refractivity contribution is -0.133. The second kappa shape index (κ2) is 12.4. The Bertz CT molecular complexity index is 1820. The van der Waals surface area contributed by atoms with Gasteiger partial charge in [0.25, 0.3) is 10.0 Å². The molecule has 0 unspecified atom stereocenters. The summed E-state index contributed by atoms with van der Waals surface area (Å²) in [6.07, 6.45) is 12.5. The number of pyridine rings is 2. The maximum absolute atomic E-state index is 12.6. The molecule has 2 saturated carbocycles. The van der Waals surface area contributed by atoms with Gasteiger partial charge in [0.1, 0.15) is 11.6 Å². The molecule has 0 atom stereocenters. The fraction of sp³-hybridized carbons (Fsp3) is 0.438. The number of hydrogen-bond acceptors (Lipinski definition) is 11. The molecule has 0 saturated heterocycles. The van der Waals surface area contributed by atoms with Gasteiger partial charge in [-0.1, -0.05) is 6.07 Å². The highest BCUT2D eigenvalue weighted by Gasteiger charge is 2.37. The third kappa shape index (κ3) is 6.87. The van der Waals surface area contributed by atoms with Crippen molar-refractivity contribution in [2.75, 3.05) is 24.7 Å². The Balaban J connectivity index is 1.25. The minimum absolute atomic E-state index is 0.0334. The highest BCUT2D eigenvalue weighted by atomic mass is 32.2. The second-order valence-corrected chi connectivity index (χ2v) is 14.8. The molecule has 2 aliphatic rings. The monoisotopic (exact) mass is 645 g/mol. The third-order valence-corrected chi connectivity index (χ3v) is 10.5. The molecule has 0 aliphatic heterocycles. The molecule has 4 aromatic rings. The fourth-order valence-corrected chi connectivity index (χ4v) is 7.09. The van der Waals surface area contributed by atoms with Gasteiger partial charge in [-0.2, -0.15) is 9.19 Å². The average molecular weight is 646 g/mol. The standard InChI is InChI=1S/C32H39N9O4S/c1-32(2,43)22-7-12-26(34-17-22)25-18-35-29(15-27(25)37-23-8-5-20(6-9-23)31(42)40(3)4)38-28-13-14-33-30(39-28)21-16-36-41(19-21)46(44,45)24-10-11-24/h7,12-20,23-24,43H,5-6,8-11H2,1-4H3,(H2,33,35,37,38,39). The second-order valence-electron chi connectivity index (χ2n) is 12.8. The minimum atomic E-state index is -3.50. The molecular weight excluding hydrogens is 606 g/mol. The molecule has 14 heteroatoms. The maximum atomic E-state index is 12.6. The molecule has 4 aromatic heterocycles. The number of amides is 1. The number of anilines is 3. The van der Waals surface area contributed by atoms with Gasteiger partial charge in [0.05, 0.1) is 34.5 Å². The summed E-state index contributed by atoms with van der Waals surface area (Å²) in [7, 11) is 0.103. The van der Waals surface area contributed by atoms with Crippen molar-refractivity contribution >= 4 is 33.3 Å². The van der Waals surface area contributed by atoms with Crippen molar-refractivity contribution in [1.29, 1.82) is 0 Å². The number of aliphatic hydroxyl groups is 1. The molecule has 4 heterocycles. The first-order chi connectivity index (χ1) is 21.9. The van der Waals surface area contributed by atoms with Crippen LogP contribution >= 0.6 is 0 Å². The van der Waals surface area contributed by atoms with Crippen LogP contribution in [-0.2, 0) is 20.4 Å². The lowest BCUT2D eigenvalue weighted by Gasteiger charge is -2.31. The van der Waals surface area contributed by atoms with Crippen molar-refractivity contribution in [3.05, 3.63) is 60.8 Å². The van der Waals surface area contributed by atoms with Gasteiger partial charge in [0.2, 0.25) is 5.91 Å². The lowest BCUT2D eigenvalue weighted by atomic mass is 9.85. The van der Waals surface area contributed by atoms with Crippen molar-refractivity contribution in [3.63, 3.8) is 0 Å². The zero-order valence-corrected chi connectivity index (χ0v) is 27.2. The summed E-state index contributed by atoms with van der Waals surface area (Å²) in [5.74, 6) is 1.55. The van der Waals surface area contributed by atoms with Crippen LogP contribution < -0.4 is 10.6 Å². The molecule has 0 aromatic carbocycles. The zero-order valence-electron chi connectivity index (χ0n) is 26.4. The van der Waals surface area contributed by atoms with E-state index in [0.717, 1.165) is 41.0 Å². The van der Waals surface area contributed by atoms with Gasteiger partial charge < -0.3 is 20.6 Å². The quantitative estimate of drug-likeness (QED) is 0.226. The number of nitrogens with zero attached hydrogens (tertiary/aromatic N) is 7. The summed E-state index contributed by atoms with van der Waals surface area (Å²) in [6.45, 7) is 3.44. The highest BCUT2D eigenvalue weighted by molar-refractivity contribution is 7.90. The molecule has 0 spiro atoms. The van der Waals surface area contributed by atoms with Crippen molar-refractivity contribution in [2.45, 2.75) is 69.3 Å². The van der Waals surface area contributed by atoms with Gasteiger partial charge in [-0.3, -0.25) is 9.78 Å². The van der Waals surface area contributed by atoms with Crippen LogP contribution in [0.4, 0.5) is 17.3 Å². The van der Waals surface area contributed by atoms with Crippen LogP contribution in [0.25, 0.3) is 22.6 Å². The van der Waals surface area contributed by atoms with Gasteiger partial charge in [-0.05, 0) is 64.5 Å². The Morgan fingerprint density at radius 3 is 2.39 bits per heavy atom. The summed E-state index contributed by atoms with van der Waals surface area (Å²) in [5, 5.41) is 21.0. The van der Waals surface area contributed by atoms with Crippen LogP contribution in [0.3, 0.4) is 0 Å². The largest absolute Gasteiger partial charge is 0.386 e. The number of carbonyl (C=O) groups is 1. The molecule has 0 radical (unpaired) electrons. The third-order valence-electron chi connectivity index (χ3n) is 8.46. The molecule has 6 rings (SSSR count). The molecule has 242 valence electrons. The van der Waals surface area contributed by atoms with E-state index in [-0.39, 0.29) is 23.1 Å². The van der Waals surface area contributed by atoms with Gasteiger partial charge in [-0.15, -0.1) is 0 Å². The Labute approximate surface area is 268 Å². The molecule has 2 aliphatic carbocycles. The number of rotatable bonds is 10. The van der Waals surface area contributed by atoms with Gasteiger partial charge in [0.15, 0.2) is 5.82 Å². The molecular formula is C32H39N9O4S. The molecule has 2 fully saturated rings. The Kier molecular flexibility index (Phi) is 8.51. The van der Waals surface area contributed by atoms with E-state index in [1.54, 1.807) is 57.5 Å². The first-order valence-corrected chi connectivity index (χ1v) is 17.0. The summed E-state index contributed by atoms with van der Waals surface area (Å²) in [4.78, 5) is 32.4. The first-order valence-electron chi connectivity index (χ1n) is 15.4. The van der Waals surface area contributed by atoms with E-state index in [1.165, 1.54) is 12.4 Å². The van der Waals surface area contributed by atoms with Crippen LogP contribution in [0.15, 0.2) is 55.2 Å². The Morgan fingerprint density at radius 1 is 0.978 bits per heavy atom. The van der Waals surface area contributed by atoms with E-state index < -0.39 is 15.6 Å². The van der Waals surface area contributed by atoms with E-state index in [0.29, 0.717) is 47.1 Å². The number of carbonyl (C=O) groups excluding carboxylic acids is 1. The van der Waals surface area contributed by atoms with E-state index in [9.17, 15) is 18.3 Å². The molecule has 3 N–H and O–H groups in total. The Hall–Kier alpha value is -4.43. The van der Waals surface area contributed by atoms with Crippen LogP contribution in [0.1, 0.15) is 57.9 Å². The normalized spacial score (nSPS) is 18.6. The van der Waals surface area contributed by atoms with Crippen LogP contribution in [0.2, 0.25) is 0 Å². The number of nitrogens with one attached hydrogen (secondary N) is 2. The highest BCUT2D eigenvalue weighted by Crippen LogP contribution is 2.34. The average Bonchev–Trinajstić information content (AvgIpc) is 3.78. The van der Waals surface area contributed by atoms with Crippen LogP contribution in [-0.4, -0.2) is 78.8 Å². The van der Waals surface area contributed by atoms with Crippen molar-refractivity contribution < 1.29 is 18.3 Å². The number of aromatic nitrogens is 6. The first kappa shape index (κ1) is 31.5. The zero-order chi connectivity index (χ0) is 32.6. The maximum Gasteiger partial charge on any atom is 0.256 e. The predicted octanol–water partition coefficient (Wildman–Crippen LogP) is 4.17. The lowest BCUT2D eigenvalue weighted by Crippen LogP contribution is -2.35. The molecule has 46 heavy (non-hydrogen) atoms. The summed E-state index contributed by atoms with van der Waals surface area (Å²) < 4.78 is 26.2.